The number of likely N-dealkylation sites (tertiary alicyclic amines) is 1. The largest absolute Gasteiger partial charge is 0.417 e. The Morgan fingerprint density at radius 3 is 2.12 bits per heavy atom. The van der Waals surface area contributed by atoms with Crippen molar-refractivity contribution in [2.75, 3.05) is 19.6 Å². The number of rotatable bonds is 3. The van der Waals surface area contributed by atoms with Gasteiger partial charge in [-0.2, -0.15) is 13.2 Å². The van der Waals surface area contributed by atoms with Crippen molar-refractivity contribution in [2.45, 2.75) is 44.9 Å². The molecule has 0 aromatic rings. The van der Waals surface area contributed by atoms with Crippen molar-refractivity contribution in [1.82, 2.24) is 4.90 Å². The molecule has 1 aliphatic heterocycles. The molecule has 0 aromatic carbocycles. The molecule has 1 fully saturated rings. The fourth-order valence-corrected chi connectivity index (χ4v) is 1.87. The van der Waals surface area contributed by atoms with E-state index in [4.69, 9.17) is 0 Å². The van der Waals surface area contributed by atoms with Crippen LogP contribution in [0.4, 0.5) is 13.2 Å². The predicted octanol–water partition coefficient (Wildman–Crippen LogP) is 2.42. The van der Waals surface area contributed by atoms with Crippen molar-refractivity contribution < 1.29 is 18.3 Å². The molecule has 0 unspecified atom stereocenters. The number of alkyl halides is 3. The third-order valence-corrected chi connectivity index (χ3v) is 3.23. The molecule has 0 aromatic heterocycles. The van der Waals surface area contributed by atoms with Gasteiger partial charge in [0.25, 0.3) is 0 Å². The first kappa shape index (κ1) is 13.8. The summed E-state index contributed by atoms with van der Waals surface area (Å²) in [5, 5.41) is 9.45. The topological polar surface area (TPSA) is 23.5 Å². The lowest BCUT2D eigenvalue weighted by Crippen LogP contribution is -2.53. The van der Waals surface area contributed by atoms with Gasteiger partial charge in [-0.25, -0.2) is 0 Å². The Bertz CT molecular complexity index is 220. The van der Waals surface area contributed by atoms with Gasteiger partial charge in [0.2, 0.25) is 0 Å². The van der Waals surface area contributed by atoms with Crippen LogP contribution in [0, 0.1) is 5.92 Å². The molecule has 0 bridgehead atoms. The van der Waals surface area contributed by atoms with Gasteiger partial charge in [0.1, 0.15) is 0 Å². The van der Waals surface area contributed by atoms with Crippen molar-refractivity contribution >= 4 is 0 Å². The average Bonchev–Trinajstić information content (AvgIpc) is 2.15. The number of piperidine rings is 1. The van der Waals surface area contributed by atoms with Crippen LogP contribution in [0.5, 0.6) is 0 Å². The molecule has 1 rings (SSSR count). The average molecular weight is 239 g/mol. The molecule has 1 N–H and O–H groups in total. The van der Waals surface area contributed by atoms with Crippen LogP contribution >= 0.6 is 0 Å². The molecule has 16 heavy (non-hydrogen) atoms. The van der Waals surface area contributed by atoms with Gasteiger partial charge in [0.05, 0.1) is 0 Å². The zero-order valence-electron chi connectivity index (χ0n) is 9.85. The van der Waals surface area contributed by atoms with E-state index in [-0.39, 0.29) is 12.8 Å². The van der Waals surface area contributed by atoms with E-state index in [1.54, 1.807) is 0 Å². The van der Waals surface area contributed by atoms with Crippen LogP contribution < -0.4 is 0 Å². The lowest BCUT2D eigenvalue weighted by molar-refractivity contribution is -0.272. The molecular weight excluding hydrogens is 219 g/mol. The summed E-state index contributed by atoms with van der Waals surface area (Å²) in [4.78, 5) is 2.00. The van der Waals surface area contributed by atoms with E-state index >= 15 is 0 Å². The Morgan fingerprint density at radius 1 is 1.25 bits per heavy atom. The smallest absolute Gasteiger partial charge is 0.380 e. The predicted molar refractivity (Wildman–Crippen MR) is 56.1 cm³/mol. The van der Waals surface area contributed by atoms with E-state index in [1.807, 2.05) is 4.90 Å². The summed E-state index contributed by atoms with van der Waals surface area (Å²) in [6, 6.07) is 0. The third kappa shape index (κ3) is 3.35. The zero-order chi connectivity index (χ0) is 12.4. The SMILES string of the molecule is CC(C)CCN1CCC(O)(C(F)(F)F)CC1. The third-order valence-electron chi connectivity index (χ3n) is 3.23. The normalized spacial score (nSPS) is 22.7. The molecular formula is C11H20F3NO. The number of aliphatic hydroxyl groups is 1. The maximum absolute atomic E-state index is 12.5. The van der Waals surface area contributed by atoms with Crippen molar-refractivity contribution in [2.24, 2.45) is 5.92 Å². The van der Waals surface area contributed by atoms with Crippen molar-refractivity contribution in [3.05, 3.63) is 0 Å². The molecule has 1 saturated heterocycles. The molecule has 0 atom stereocenters. The molecule has 0 aliphatic carbocycles. The summed E-state index contributed by atoms with van der Waals surface area (Å²) in [5.41, 5.74) is -2.46. The number of hydrogen-bond acceptors (Lipinski definition) is 2. The second kappa shape index (κ2) is 4.92. The second-order valence-electron chi connectivity index (χ2n) is 5.05. The summed E-state index contributed by atoms with van der Waals surface area (Å²) >= 11 is 0. The highest BCUT2D eigenvalue weighted by Crippen LogP contribution is 2.38. The van der Waals surface area contributed by atoms with Crippen molar-refractivity contribution in [1.29, 1.82) is 0 Å². The van der Waals surface area contributed by atoms with Crippen LogP contribution in [0.15, 0.2) is 0 Å². The Hall–Kier alpha value is -0.290. The molecule has 96 valence electrons. The quantitative estimate of drug-likeness (QED) is 0.817. The van der Waals surface area contributed by atoms with Gasteiger partial charge in [-0.05, 0) is 31.7 Å². The van der Waals surface area contributed by atoms with Crippen molar-refractivity contribution in [3.8, 4) is 0 Å². The molecule has 0 radical (unpaired) electrons. The Labute approximate surface area is 94.4 Å². The maximum Gasteiger partial charge on any atom is 0.417 e. The minimum absolute atomic E-state index is 0.200. The molecule has 0 saturated carbocycles. The highest BCUT2D eigenvalue weighted by molar-refractivity contribution is 4.91. The highest BCUT2D eigenvalue weighted by atomic mass is 19.4. The van der Waals surface area contributed by atoms with E-state index in [1.165, 1.54) is 0 Å². The molecule has 0 amide bonds. The lowest BCUT2D eigenvalue weighted by Gasteiger charge is -2.39. The van der Waals surface area contributed by atoms with Gasteiger partial charge in [-0.1, -0.05) is 13.8 Å². The van der Waals surface area contributed by atoms with Gasteiger partial charge in [0.15, 0.2) is 5.60 Å². The van der Waals surface area contributed by atoms with Crippen LogP contribution in [0.2, 0.25) is 0 Å². The number of halogens is 3. The van der Waals surface area contributed by atoms with Gasteiger partial charge in [0, 0.05) is 13.1 Å². The Kier molecular flexibility index (Phi) is 4.23. The molecule has 1 aliphatic rings. The van der Waals surface area contributed by atoms with Gasteiger partial charge in [-0.15, -0.1) is 0 Å². The zero-order valence-corrected chi connectivity index (χ0v) is 9.85. The first-order valence-electron chi connectivity index (χ1n) is 5.76. The number of hydrogen-bond donors (Lipinski definition) is 1. The highest BCUT2D eigenvalue weighted by Gasteiger charge is 2.54. The van der Waals surface area contributed by atoms with Crippen molar-refractivity contribution in [3.63, 3.8) is 0 Å². The van der Waals surface area contributed by atoms with E-state index in [0.29, 0.717) is 19.0 Å². The maximum atomic E-state index is 12.5. The van der Waals surface area contributed by atoms with Crippen LogP contribution in [0.1, 0.15) is 33.1 Å². The van der Waals surface area contributed by atoms with E-state index in [2.05, 4.69) is 13.8 Å². The van der Waals surface area contributed by atoms with E-state index < -0.39 is 11.8 Å². The molecule has 5 heteroatoms. The Morgan fingerprint density at radius 2 is 1.75 bits per heavy atom. The van der Waals surface area contributed by atoms with Crippen LogP contribution in [0.25, 0.3) is 0 Å². The summed E-state index contributed by atoms with van der Waals surface area (Å²) in [5.74, 6) is 0.559. The van der Waals surface area contributed by atoms with Gasteiger partial charge >= 0.3 is 6.18 Å². The minimum atomic E-state index is -4.49. The summed E-state index contributed by atoms with van der Waals surface area (Å²) in [6.07, 6.45) is -3.90. The Balaban J connectivity index is 2.39. The van der Waals surface area contributed by atoms with Gasteiger partial charge in [-0.3, -0.25) is 0 Å². The standard InChI is InChI=1S/C11H20F3NO/c1-9(2)3-6-15-7-4-10(16,5-8-15)11(12,13)14/h9,16H,3-8H2,1-2H3. The van der Waals surface area contributed by atoms with Crippen LogP contribution in [0.3, 0.4) is 0 Å². The fraction of sp³-hybridized carbons (Fsp3) is 1.00. The van der Waals surface area contributed by atoms with Crippen LogP contribution in [-0.2, 0) is 0 Å². The van der Waals surface area contributed by atoms with E-state index in [0.717, 1.165) is 13.0 Å². The van der Waals surface area contributed by atoms with Gasteiger partial charge < -0.3 is 10.0 Å². The van der Waals surface area contributed by atoms with Crippen LogP contribution in [-0.4, -0.2) is 41.4 Å². The van der Waals surface area contributed by atoms with E-state index in [9.17, 15) is 18.3 Å². The number of nitrogens with zero attached hydrogens (tertiary/aromatic N) is 1. The molecule has 1 heterocycles. The lowest BCUT2D eigenvalue weighted by atomic mass is 9.90. The summed E-state index contributed by atoms with van der Waals surface area (Å²) < 4.78 is 37.5. The monoisotopic (exact) mass is 239 g/mol. The second-order valence-corrected chi connectivity index (χ2v) is 5.05. The summed E-state index contributed by atoms with van der Waals surface area (Å²) in [7, 11) is 0. The fourth-order valence-electron chi connectivity index (χ4n) is 1.87. The first-order chi connectivity index (χ1) is 7.24. The molecule has 0 spiro atoms. The first-order valence-corrected chi connectivity index (χ1v) is 5.76. The summed E-state index contributed by atoms with van der Waals surface area (Å²) in [6.45, 7) is 5.68. The molecule has 2 nitrogen and oxygen atoms in total. The minimum Gasteiger partial charge on any atom is -0.380 e.